The van der Waals surface area contributed by atoms with E-state index in [0.29, 0.717) is 0 Å². The van der Waals surface area contributed by atoms with Crippen molar-refractivity contribution < 1.29 is 4.79 Å². The van der Waals surface area contributed by atoms with Gasteiger partial charge in [-0.2, -0.15) is 0 Å². The fourth-order valence-electron chi connectivity index (χ4n) is 6.53. The average molecular weight is 399 g/mol. The summed E-state index contributed by atoms with van der Waals surface area (Å²) in [6.07, 6.45) is 10.6. The summed E-state index contributed by atoms with van der Waals surface area (Å²) < 4.78 is 2.87. The van der Waals surface area contributed by atoms with E-state index in [1.807, 2.05) is 22.8 Å². The van der Waals surface area contributed by atoms with Crippen LogP contribution in [-0.4, -0.2) is 10.5 Å². The van der Waals surface area contributed by atoms with Crippen LogP contribution in [0, 0.1) is 23.2 Å². The number of thiazole rings is 1. The van der Waals surface area contributed by atoms with E-state index in [-0.39, 0.29) is 16.2 Å². The van der Waals surface area contributed by atoms with E-state index < -0.39 is 0 Å². The molecule has 5 heteroatoms. The maximum absolute atomic E-state index is 13.3. The summed E-state index contributed by atoms with van der Waals surface area (Å²) in [5.41, 5.74) is 1.71. The lowest BCUT2D eigenvalue weighted by Gasteiger charge is -2.55. The lowest BCUT2D eigenvalue weighted by atomic mass is 9.49. The standard InChI is InChI=1S/C23H30N2O2S/c1-2-3-4-7-25-19-6-5-18(11-20(19)28-22(25)27)24-21(26)23-12-15-8-16(13-23)10-17(9-15)14-23/h5-6,11,15-17H,2-4,7-10,12-14H2,1H3,(H,24,26). The van der Waals surface area contributed by atoms with Gasteiger partial charge >= 0.3 is 4.87 Å². The van der Waals surface area contributed by atoms with Crippen molar-refractivity contribution in [1.82, 2.24) is 4.57 Å². The summed E-state index contributed by atoms with van der Waals surface area (Å²) in [5.74, 6) is 2.52. The van der Waals surface area contributed by atoms with Crippen LogP contribution in [0.2, 0.25) is 0 Å². The number of benzene rings is 1. The minimum atomic E-state index is -0.136. The Morgan fingerprint density at radius 1 is 1.14 bits per heavy atom. The zero-order valence-corrected chi connectivity index (χ0v) is 17.5. The molecule has 28 heavy (non-hydrogen) atoms. The molecule has 1 heterocycles. The predicted molar refractivity (Wildman–Crippen MR) is 115 cm³/mol. The summed E-state index contributed by atoms with van der Waals surface area (Å²) in [7, 11) is 0. The highest BCUT2D eigenvalue weighted by atomic mass is 32.1. The SMILES string of the molecule is CCCCCn1c(=O)sc2cc(NC(=O)C34CC5CC(CC(C5)C3)C4)ccc21. The van der Waals surface area contributed by atoms with Crippen molar-refractivity contribution >= 4 is 33.1 Å². The van der Waals surface area contributed by atoms with Gasteiger partial charge in [0.2, 0.25) is 5.91 Å². The topological polar surface area (TPSA) is 51.1 Å². The van der Waals surface area contributed by atoms with E-state index >= 15 is 0 Å². The molecule has 0 radical (unpaired) electrons. The first-order valence-corrected chi connectivity index (χ1v) is 11.8. The molecule has 4 aliphatic rings. The summed E-state index contributed by atoms with van der Waals surface area (Å²) in [6.45, 7) is 2.96. The molecule has 0 saturated heterocycles. The Kier molecular flexibility index (Phi) is 4.61. The largest absolute Gasteiger partial charge is 0.326 e. The zero-order valence-electron chi connectivity index (χ0n) is 16.7. The highest BCUT2D eigenvalue weighted by molar-refractivity contribution is 7.16. The smallest absolute Gasteiger partial charge is 0.308 e. The van der Waals surface area contributed by atoms with Gasteiger partial charge in [-0.15, -0.1) is 0 Å². The first kappa shape index (κ1) is 18.4. The van der Waals surface area contributed by atoms with Crippen LogP contribution in [0.5, 0.6) is 0 Å². The van der Waals surface area contributed by atoms with E-state index in [1.165, 1.54) is 30.6 Å². The van der Waals surface area contributed by atoms with Crippen LogP contribution < -0.4 is 10.2 Å². The molecular formula is C23H30N2O2S. The lowest BCUT2D eigenvalue weighted by molar-refractivity contribution is -0.140. The molecule has 1 amide bonds. The number of amides is 1. The third-order valence-corrected chi connectivity index (χ3v) is 8.37. The Morgan fingerprint density at radius 2 is 1.82 bits per heavy atom. The van der Waals surface area contributed by atoms with Gasteiger partial charge in [-0.25, -0.2) is 0 Å². The average Bonchev–Trinajstić information content (AvgIpc) is 2.95. The third kappa shape index (κ3) is 3.12. The lowest BCUT2D eigenvalue weighted by Crippen LogP contribution is -2.51. The number of hydrogen-bond acceptors (Lipinski definition) is 3. The van der Waals surface area contributed by atoms with Gasteiger partial charge in [0.15, 0.2) is 0 Å². The van der Waals surface area contributed by atoms with Crippen LogP contribution >= 0.6 is 11.3 Å². The number of fused-ring (bicyclic) bond motifs is 1. The van der Waals surface area contributed by atoms with Crippen LogP contribution in [0.1, 0.15) is 64.7 Å². The molecule has 4 fully saturated rings. The fraction of sp³-hybridized carbons (Fsp3) is 0.652. The number of aryl methyl sites for hydroxylation is 1. The van der Waals surface area contributed by atoms with Crippen LogP contribution in [0.3, 0.4) is 0 Å². The number of nitrogens with zero attached hydrogens (tertiary/aromatic N) is 1. The molecule has 2 aromatic rings. The van der Waals surface area contributed by atoms with E-state index in [9.17, 15) is 9.59 Å². The highest BCUT2D eigenvalue weighted by Gasteiger charge is 2.54. The molecule has 1 aromatic heterocycles. The molecule has 4 aliphatic carbocycles. The summed E-state index contributed by atoms with van der Waals surface area (Å²) in [6, 6.07) is 5.98. The Labute approximate surface area is 170 Å². The van der Waals surface area contributed by atoms with Gasteiger partial charge in [-0.3, -0.25) is 14.2 Å². The van der Waals surface area contributed by atoms with Crippen LogP contribution in [0.4, 0.5) is 5.69 Å². The number of aromatic nitrogens is 1. The zero-order chi connectivity index (χ0) is 19.3. The van der Waals surface area contributed by atoms with Gasteiger partial charge < -0.3 is 5.32 Å². The summed E-state index contributed by atoms with van der Waals surface area (Å²) in [5, 5.41) is 3.23. The maximum atomic E-state index is 13.3. The first-order valence-electron chi connectivity index (χ1n) is 11.0. The van der Waals surface area contributed by atoms with Gasteiger partial charge in [0.25, 0.3) is 0 Å². The summed E-state index contributed by atoms with van der Waals surface area (Å²) >= 11 is 1.29. The van der Waals surface area contributed by atoms with E-state index in [4.69, 9.17) is 0 Å². The Hall–Kier alpha value is -1.62. The Morgan fingerprint density at radius 3 is 2.46 bits per heavy atom. The van der Waals surface area contributed by atoms with Crippen LogP contribution in [0.25, 0.3) is 10.2 Å². The number of unbranched alkanes of at least 4 members (excludes halogenated alkanes) is 2. The normalized spacial score (nSPS) is 30.8. The van der Waals surface area contributed by atoms with Crippen molar-refractivity contribution in [2.75, 3.05) is 5.32 Å². The maximum Gasteiger partial charge on any atom is 0.308 e. The fourth-order valence-corrected chi connectivity index (χ4v) is 7.48. The van der Waals surface area contributed by atoms with Crippen molar-refractivity contribution in [2.45, 2.75) is 71.3 Å². The molecule has 1 N–H and O–H groups in total. The monoisotopic (exact) mass is 398 g/mol. The van der Waals surface area contributed by atoms with E-state index in [0.717, 1.165) is 78.7 Å². The van der Waals surface area contributed by atoms with Gasteiger partial charge in [0.1, 0.15) is 0 Å². The second-order valence-electron chi connectivity index (χ2n) is 9.56. The molecular weight excluding hydrogens is 368 g/mol. The number of rotatable bonds is 6. The van der Waals surface area contributed by atoms with Crippen molar-refractivity contribution in [3.8, 4) is 0 Å². The quantitative estimate of drug-likeness (QED) is 0.662. The molecule has 150 valence electrons. The number of carbonyl (C=O) groups is 1. The first-order chi connectivity index (χ1) is 13.6. The third-order valence-electron chi connectivity index (χ3n) is 7.43. The molecule has 0 spiro atoms. The number of nitrogens with one attached hydrogen (secondary N) is 1. The molecule has 0 atom stereocenters. The van der Waals surface area contributed by atoms with Crippen LogP contribution in [-0.2, 0) is 11.3 Å². The second kappa shape index (κ2) is 7.01. The van der Waals surface area contributed by atoms with E-state index in [1.54, 1.807) is 0 Å². The Balaban J connectivity index is 1.35. The molecule has 4 bridgehead atoms. The van der Waals surface area contributed by atoms with Gasteiger partial charge in [-0.05, 0) is 80.9 Å². The van der Waals surface area contributed by atoms with Gasteiger partial charge in [-0.1, -0.05) is 31.1 Å². The number of anilines is 1. The minimum Gasteiger partial charge on any atom is -0.326 e. The molecule has 4 saturated carbocycles. The van der Waals surface area contributed by atoms with Gasteiger partial charge in [0, 0.05) is 12.2 Å². The molecule has 0 unspecified atom stereocenters. The molecule has 4 nitrogen and oxygen atoms in total. The minimum absolute atomic E-state index is 0.107. The second-order valence-corrected chi connectivity index (χ2v) is 10.6. The predicted octanol–water partition coefficient (Wildman–Crippen LogP) is 5.41. The van der Waals surface area contributed by atoms with E-state index in [2.05, 4.69) is 12.2 Å². The molecule has 0 aliphatic heterocycles. The van der Waals surface area contributed by atoms with Crippen molar-refractivity contribution in [3.05, 3.63) is 27.9 Å². The Bertz CT molecular complexity index is 922. The molecule has 6 rings (SSSR count). The van der Waals surface area contributed by atoms with Crippen LogP contribution in [0.15, 0.2) is 23.0 Å². The van der Waals surface area contributed by atoms with Crippen molar-refractivity contribution in [1.29, 1.82) is 0 Å². The number of hydrogen-bond donors (Lipinski definition) is 1. The van der Waals surface area contributed by atoms with Crippen molar-refractivity contribution in [3.63, 3.8) is 0 Å². The highest BCUT2D eigenvalue weighted by Crippen LogP contribution is 2.60. The summed E-state index contributed by atoms with van der Waals surface area (Å²) in [4.78, 5) is 25.8. The van der Waals surface area contributed by atoms with Gasteiger partial charge in [0.05, 0.1) is 15.6 Å². The molecule has 1 aromatic carbocycles. The number of carbonyl (C=O) groups excluding carboxylic acids is 1. The van der Waals surface area contributed by atoms with Crippen molar-refractivity contribution in [2.24, 2.45) is 23.2 Å².